The van der Waals surface area contributed by atoms with Crippen LogP contribution in [0, 0.1) is 10.1 Å². The van der Waals surface area contributed by atoms with Gasteiger partial charge in [0, 0.05) is 19.6 Å². The first-order valence-corrected chi connectivity index (χ1v) is 5.41. The third kappa shape index (κ3) is 2.44. The summed E-state index contributed by atoms with van der Waals surface area (Å²) in [6, 6.07) is 0. The van der Waals surface area contributed by atoms with Crippen molar-refractivity contribution in [2.45, 2.75) is 13.0 Å². The molecular formula is C9H11N5O5. The van der Waals surface area contributed by atoms with Crippen LogP contribution in [-0.4, -0.2) is 48.0 Å². The Hall–Kier alpha value is -2.33. The van der Waals surface area contributed by atoms with E-state index in [-0.39, 0.29) is 43.6 Å². The average molecular weight is 269 g/mol. The molecule has 2 rings (SSSR count). The van der Waals surface area contributed by atoms with E-state index in [0.717, 1.165) is 6.33 Å². The Morgan fingerprint density at radius 2 is 2.21 bits per heavy atom. The molecule has 0 aliphatic carbocycles. The molecule has 2 aromatic rings. The molecule has 0 aliphatic heterocycles. The SMILES string of the molecule is O=[N+]([O-])c1nc(-c2ncno2)n(CCO)c1CCO. The maximum Gasteiger partial charge on any atom is 0.385 e. The van der Waals surface area contributed by atoms with Crippen molar-refractivity contribution >= 4 is 5.82 Å². The van der Waals surface area contributed by atoms with E-state index < -0.39 is 10.7 Å². The van der Waals surface area contributed by atoms with Crippen LogP contribution in [-0.2, 0) is 13.0 Å². The zero-order valence-electron chi connectivity index (χ0n) is 9.76. The molecule has 0 radical (unpaired) electrons. The predicted octanol–water partition coefficient (Wildman–Crippen LogP) is -0.632. The van der Waals surface area contributed by atoms with Crippen LogP contribution < -0.4 is 0 Å². The fourth-order valence-corrected chi connectivity index (χ4v) is 1.75. The highest BCUT2D eigenvalue weighted by Gasteiger charge is 2.30. The number of aliphatic hydroxyl groups excluding tert-OH is 2. The fraction of sp³-hybridized carbons (Fsp3) is 0.444. The number of hydrogen-bond acceptors (Lipinski definition) is 8. The third-order valence-electron chi connectivity index (χ3n) is 2.45. The summed E-state index contributed by atoms with van der Waals surface area (Å²) >= 11 is 0. The predicted molar refractivity (Wildman–Crippen MR) is 60.0 cm³/mol. The summed E-state index contributed by atoms with van der Waals surface area (Å²) in [5.41, 5.74) is 0.203. The van der Waals surface area contributed by atoms with Crippen LogP contribution in [0.5, 0.6) is 0 Å². The zero-order valence-corrected chi connectivity index (χ0v) is 9.76. The lowest BCUT2D eigenvalue weighted by molar-refractivity contribution is -0.390. The number of nitro groups is 1. The van der Waals surface area contributed by atoms with Crippen LogP contribution in [0.25, 0.3) is 11.7 Å². The Labute approximate surface area is 106 Å². The van der Waals surface area contributed by atoms with Gasteiger partial charge in [0.25, 0.3) is 0 Å². The van der Waals surface area contributed by atoms with E-state index >= 15 is 0 Å². The van der Waals surface area contributed by atoms with Crippen molar-refractivity contribution in [2.24, 2.45) is 0 Å². The van der Waals surface area contributed by atoms with Crippen LogP contribution in [0.3, 0.4) is 0 Å². The van der Waals surface area contributed by atoms with Crippen LogP contribution in [0.1, 0.15) is 5.69 Å². The Kier molecular flexibility index (Phi) is 3.82. The highest BCUT2D eigenvalue weighted by Crippen LogP contribution is 2.26. The van der Waals surface area contributed by atoms with E-state index in [2.05, 4.69) is 15.1 Å². The molecule has 2 heterocycles. The molecule has 0 saturated heterocycles. The summed E-state index contributed by atoms with van der Waals surface area (Å²) in [5.74, 6) is -0.280. The van der Waals surface area contributed by atoms with Crippen molar-refractivity contribution in [3.63, 3.8) is 0 Å². The normalized spacial score (nSPS) is 10.8. The smallest absolute Gasteiger partial charge is 0.385 e. The lowest BCUT2D eigenvalue weighted by Gasteiger charge is -2.04. The van der Waals surface area contributed by atoms with Gasteiger partial charge < -0.3 is 24.9 Å². The number of aromatic nitrogens is 4. The summed E-state index contributed by atoms with van der Waals surface area (Å²) in [6.45, 7) is -0.442. The summed E-state index contributed by atoms with van der Waals surface area (Å²) < 4.78 is 6.21. The minimum atomic E-state index is -0.654. The summed E-state index contributed by atoms with van der Waals surface area (Å²) in [5, 5.41) is 32.4. The lowest BCUT2D eigenvalue weighted by atomic mass is 10.3. The van der Waals surface area contributed by atoms with E-state index in [9.17, 15) is 10.1 Å². The van der Waals surface area contributed by atoms with Gasteiger partial charge in [0.1, 0.15) is 5.69 Å². The van der Waals surface area contributed by atoms with Crippen molar-refractivity contribution in [1.29, 1.82) is 0 Å². The first-order chi connectivity index (χ1) is 9.19. The van der Waals surface area contributed by atoms with Gasteiger partial charge in [0.2, 0.25) is 0 Å². The summed E-state index contributed by atoms with van der Waals surface area (Å²) in [4.78, 5) is 17.9. The molecule has 0 amide bonds. The van der Waals surface area contributed by atoms with Gasteiger partial charge in [-0.1, -0.05) is 5.16 Å². The maximum absolute atomic E-state index is 11.0. The van der Waals surface area contributed by atoms with Gasteiger partial charge in [-0.05, 0) is 9.91 Å². The van der Waals surface area contributed by atoms with Gasteiger partial charge >= 0.3 is 17.5 Å². The Bertz CT molecular complexity index is 564. The lowest BCUT2D eigenvalue weighted by Crippen LogP contribution is -2.10. The number of aliphatic hydroxyl groups is 2. The third-order valence-corrected chi connectivity index (χ3v) is 2.45. The highest BCUT2D eigenvalue weighted by molar-refractivity contribution is 5.48. The molecule has 0 spiro atoms. The van der Waals surface area contributed by atoms with E-state index in [0.29, 0.717) is 0 Å². The van der Waals surface area contributed by atoms with Gasteiger partial charge in [-0.25, -0.2) is 0 Å². The molecule has 2 aromatic heterocycles. The van der Waals surface area contributed by atoms with Crippen molar-refractivity contribution in [3.05, 3.63) is 22.1 Å². The van der Waals surface area contributed by atoms with Gasteiger partial charge in [-0.2, -0.15) is 4.98 Å². The second-order valence-electron chi connectivity index (χ2n) is 3.56. The second-order valence-corrected chi connectivity index (χ2v) is 3.56. The topological polar surface area (TPSA) is 140 Å². The first-order valence-electron chi connectivity index (χ1n) is 5.41. The van der Waals surface area contributed by atoms with E-state index in [1.807, 2.05) is 0 Å². The Morgan fingerprint density at radius 1 is 1.42 bits per heavy atom. The van der Waals surface area contributed by atoms with E-state index in [1.165, 1.54) is 4.57 Å². The monoisotopic (exact) mass is 269 g/mol. The van der Waals surface area contributed by atoms with E-state index in [4.69, 9.17) is 14.7 Å². The number of rotatable bonds is 6. The van der Waals surface area contributed by atoms with Crippen molar-refractivity contribution in [3.8, 4) is 11.7 Å². The number of imidazole rings is 1. The molecule has 2 N–H and O–H groups in total. The average Bonchev–Trinajstić information content (AvgIpc) is 2.99. The molecule has 10 nitrogen and oxygen atoms in total. The second kappa shape index (κ2) is 5.54. The van der Waals surface area contributed by atoms with Crippen molar-refractivity contribution < 1.29 is 19.7 Å². The number of hydrogen-bond donors (Lipinski definition) is 2. The molecule has 0 saturated carbocycles. The van der Waals surface area contributed by atoms with Crippen molar-refractivity contribution in [2.75, 3.05) is 13.2 Å². The molecule has 0 unspecified atom stereocenters. The molecule has 0 fully saturated rings. The van der Waals surface area contributed by atoms with Crippen LogP contribution in [0.2, 0.25) is 0 Å². The quantitative estimate of drug-likeness (QED) is 0.521. The molecule has 102 valence electrons. The summed E-state index contributed by atoms with van der Waals surface area (Å²) in [7, 11) is 0. The van der Waals surface area contributed by atoms with Crippen LogP contribution in [0.4, 0.5) is 5.82 Å². The van der Waals surface area contributed by atoms with Crippen LogP contribution >= 0.6 is 0 Å². The minimum Gasteiger partial charge on any atom is -0.396 e. The summed E-state index contributed by atoms with van der Waals surface area (Å²) in [6.07, 6.45) is 1.18. The Balaban J connectivity index is 2.59. The van der Waals surface area contributed by atoms with Gasteiger partial charge in [-0.3, -0.25) is 4.57 Å². The van der Waals surface area contributed by atoms with Gasteiger partial charge in [-0.15, -0.1) is 0 Å². The molecule has 0 atom stereocenters. The molecule has 0 aliphatic rings. The van der Waals surface area contributed by atoms with Gasteiger partial charge in [0.05, 0.1) is 6.61 Å². The zero-order chi connectivity index (χ0) is 13.8. The fourth-order valence-electron chi connectivity index (χ4n) is 1.75. The highest BCUT2D eigenvalue weighted by atomic mass is 16.6. The molecule has 19 heavy (non-hydrogen) atoms. The maximum atomic E-state index is 11.0. The Morgan fingerprint density at radius 3 is 2.74 bits per heavy atom. The molecule has 0 bridgehead atoms. The van der Waals surface area contributed by atoms with Crippen molar-refractivity contribution in [1.82, 2.24) is 19.7 Å². The van der Waals surface area contributed by atoms with Gasteiger partial charge in [0.15, 0.2) is 6.33 Å². The standard InChI is InChI=1S/C9H11N5O5/c15-3-1-6-7(14(17)18)12-8(13(6)2-4-16)9-10-5-11-19-9/h5,15-16H,1-4H2. The van der Waals surface area contributed by atoms with Crippen LogP contribution in [0.15, 0.2) is 10.9 Å². The first kappa shape index (κ1) is 13.1. The molecule has 0 aromatic carbocycles. The molecule has 10 heteroatoms. The van der Waals surface area contributed by atoms with E-state index in [1.54, 1.807) is 0 Å². The minimum absolute atomic E-state index is 0.0146. The largest absolute Gasteiger partial charge is 0.396 e. The molecular weight excluding hydrogens is 258 g/mol. The number of nitrogens with zero attached hydrogens (tertiary/aromatic N) is 5.